The van der Waals surface area contributed by atoms with Crippen LogP contribution in [-0.2, 0) is 4.79 Å². The highest BCUT2D eigenvalue weighted by Crippen LogP contribution is 2.20. The Bertz CT molecular complexity index is 335. The molecule has 0 aliphatic heterocycles. The second-order valence-corrected chi connectivity index (χ2v) is 4.58. The molecule has 15 heavy (non-hydrogen) atoms. The highest BCUT2D eigenvalue weighted by Gasteiger charge is 2.12. The van der Waals surface area contributed by atoms with Crippen molar-refractivity contribution in [2.45, 2.75) is 19.9 Å². The average Bonchev–Trinajstić information content (AvgIpc) is 2.60. The molecule has 1 aromatic heterocycles. The van der Waals surface area contributed by atoms with Gasteiger partial charge in [-0.05, 0) is 13.8 Å². The molecule has 0 aromatic carbocycles. The predicted molar refractivity (Wildman–Crippen MR) is 62.0 cm³/mol. The van der Waals surface area contributed by atoms with Crippen molar-refractivity contribution in [1.82, 2.24) is 15.2 Å². The minimum absolute atomic E-state index is 0.0871. The Kier molecular flexibility index (Phi) is 4.23. The average molecular weight is 227 g/mol. The lowest BCUT2D eigenvalue weighted by atomic mass is 10.2. The fraction of sp³-hybridized carbons (Fsp3) is 0.600. The Hall–Kier alpha value is -0.940. The molecule has 4 nitrogen and oxygen atoms in total. The molecule has 1 N–H and O–H groups in total. The maximum Gasteiger partial charge on any atom is 0.236 e. The molecule has 0 aliphatic rings. The number of amides is 1. The van der Waals surface area contributed by atoms with Crippen LogP contribution in [0.5, 0.6) is 0 Å². The summed E-state index contributed by atoms with van der Waals surface area (Å²) < 4.78 is 0. The number of aryl methyl sites for hydroxylation is 1. The molecule has 1 rings (SSSR count). The third kappa shape index (κ3) is 3.28. The summed E-state index contributed by atoms with van der Waals surface area (Å²) in [6.07, 6.45) is 0. The third-order valence-electron chi connectivity index (χ3n) is 2.23. The van der Waals surface area contributed by atoms with Crippen molar-refractivity contribution in [2.24, 2.45) is 0 Å². The summed E-state index contributed by atoms with van der Waals surface area (Å²) in [7, 11) is 3.51. The normalized spacial score (nSPS) is 12.5. The van der Waals surface area contributed by atoms with Crippen molar-refractivity contribution in [2.75, 3.05) is 20.6 Å². The van der Waals surface area contributed by atoms with Gasteiger partial charge in [0, 0.05) is 25.0 Å². The number of thiazole rings is 1. The van der Waals surface area contributed by atoms with E-state index in [0.717, 1.165) is 5.69 Å². The maximum absolute atomic E-state index is 11.4. The lowest BCUT2D eigenvalue weighted by Gasteiger charge is -2.15. The van der Waals surface area contributed by atoms with Crippen LogP contribution in [0, 0.1) is 6.92 Å². The number of carbonyl (C=O) groups excluding carboxylic acids is 1. The number of rotatable bonds is 4. The Morgan fingerprint density at radius 1 is 1.67 bits per heavy atom. The summed E-state index contributed by atoms with van der Waals surface area (Å²) in [5, 5.41) is 3.19. The van der Waals surface area contributed by atoms with Gasteiger partial charge in [0.1, 0.15) is 0 Å². The van der Waals surface area contributed by atoms with Crippen LogP contribution >= 0.6 is 11.3 Å². The van der Waals surface area contributed by atoms with Gasteiger partial charge in [-0.1, -0.05) is 0 Å². The summed E-state index contributed by atoms with van der Waals surface area (Å²) in [6, 6.07) is 0.182. The first kappa shape index (κ1) is 12.1. The number of nitrogens with zero attached hydrogens (tertiary/aromatic N) is 2. The van der Waals surface area contributed by atoms with Gasteiger partial charge in [-0.15, -0.1) is 11.3 Å². The van der Waals surface area contributed by atoms with Gasteiger partial charge in [0.25, 0.3) is 0 Å². The van der Waals surface area contributed by atoms with Crippen molar-refractivity contribution in [3.63, 3.8) is 0 Å². The van der Waals surface area contributed by atoms with E-state index in [9.17, 15) is 4.79 Å². The van der Waals surface area contributed by atoms with Crippen molar-refractivity contribution in [1.29, 1.82) is 0 Å². The lowest BCUT2D eigenvalue weighted by Crippen LogP contribution is -2.34. The molecule has 0 fully saturated rings. The van der Waals surface area contributed by atoms with Crippen molar-refractivity contribution in [3.05, 3.63) is 16.1 Å². The first-order valence-electron chi connectivity index (χ1n) is 4.86. The molecule has 0 radical (unpaired) electrons. The first-order chi connectivity index (χ1) is 7.02. The highest BCUT2D eigenvalue weighted by atomic mass is 32.1. The third-order valence-corrected chi connectivity index (χ3v) is 3.35. The van der Waals surface area contributed by atoms with Gasteiger partial charge in [-0.2, -0.15) is 0 Å². The zero-order valence-electron chi connectivity index (χ0n) is 9.57. The zero-order chi connectivity index (χ0) is 11.4. The fourth-order valence-electron chi connectivity index (χ4n) is 1.22. The summed E-state index contributed by atoms with van der Waals surface area (Å²) in [6.45, 7) is 4.40. The molecule has 1 heterocycles. The van der Waals surface area contributed by atoms with Crippen molar-refractivity contribution < 1.29 is 4.79 Å². The van der Waals surface area contributed by atoms with Gasteiger partial charge in [-0.3, -0.25) is 4.79 Å². The lowest BCUT2D eigenvalue weighted by molar-refractivity contribution is -0.127. The van der Waals surface area contributed by atoms with Gasteiger partial charge in [0.15, 0.2) is 0 Å². The molecule has 0 bridgehead atoms. The number of carbonyl (C=O) groups is 1. The molecule has 1 aromatic rings. The van der Waals surface area contributed by atoms with E-state index in [0.29, 0.717) is 6.54 Å². The molecule has 1 amide bonds. The molecule has 1 atom stereocenters. The van der Waals surface area contributed by atoms with Crippen LogP contribution in [0.4, 0.5) is 0 Å². The molecule has 5 heteroatoms. The SMILES string of the molecule is Cc1ncsc1C(C)NCC(=O)N(C)C. The van der Waals surface area contributed by atoms with Gasteiger partial charge in [0.05, 0.1) is 17.7 Å². The monoisotopic (exact) mass is 227 g/mol. The topological polar surface area (TPSA) is 45.2 Å². The van der Waals surface area contributed by atoms with Crippen LogP contribution in [0.3, 0.4) is 0 Å². The van der Waals surface area contributed by atoms with Crippen LogP contribution in [-0.4, -0.2) is 36.4 Å². The number of hydrogen-bond donors (Lipinski definition) is 1. The van der Waals surface area contributed by atoms with Crippen molar-refractivity contribution >= 4 is 17.2 Å². The molecular formula is C10H17N3OS. The highest BCUT2D eigenvalue weighted by molar-refractivity contribution is 7.09. The fourth-order valence-corrected chi connectivity index (χ4v) is 2.05. The van der Waals surface area contributed by atoms with E-state index in [1.165, 1.54) is 4.88 Å². The van der Waals surface area contributed by atoms with Crippen LogP contribution in [0.25, 0.3) is 0 Å². The Morgan fingerprint density at radius 2 is 2.33 bits per heavy atom. The smallest absolute Gasteiger partial charge is 0.236 e. The number of aromatic nitrogens is 1. The maximum atomic E-state index is 11.4. The molecular weight excluding hydrogens is 210 g/mol. The largest absolute Gasteiger partial charge is 0.348 e. The standard InChI is InChI=1S/C10H17N3OS/c1-7(10-8(2)12-6-15-10)11-5-9(14)13(3)4/h6-7,11H,5H2,1-4H3. The summed E-state index contributed by atoms with van der Waals surface area (Å²) in [4.78, 5) is 18.3. The van der Waals surface area contributed by atoms with E-state index in [4.69, 9.17) is 0 Å². The number of nitrogens with one attached hydrogen (secondary N) is 1. The Labute approximate surface area is 94.3 Å². The molecule has 0 saturated carbocycles. The molecule has 1 unspecified atom stereocenters. The first-order valence-corrected chi connectivity index (χ1v) is 5.74. The molecule has 0 aliphatic carbocycles. The number of likely N-dealkylation sites (N-methyl/N-ethyl adjacent to an activating group) is 1. The Morgan fingerprint density at radius 3 is 2.80 bits per heavy atom. The summed E-state index contributed by atoms with van der Waals surface area (Å²) in [5.74, 6) is 0.0871. The van der Waals surface area contributed by atoms with Gasteiger partial charge in [0.2, 0.25) is 5.91 Å². The second-order valence-electron chi connectivity index (χ2n) is 3.69. The van der Waals surface area contributed by atoms with E-state index in [1.54, 1.807) is 30.3 Å². The van der Waals surface area contributed by atoms with Crippen molar-refractivity contribution in [3.8, 4) is 0 Å². The van der Waals surface area contributed by atoms with Gasteiger partial charge in [-0.25, -0.2) is 4.98 Å². The summed E-state index contributed by atoms with van der Waals surface area (Å²) in [5.41, 5.74) is 2.87. The molecule has 0 saturated heterocycles. The van der Waals surface area contributed by atoms with E-state index >= 15 is 0 Å². The van der Waals surface area contributed by atoms with E-state index in [-0.39, 0.29) is 11.9 Å². The predicted octanol–water partition coefficient (Wildman–Crippen LogP) is 1.19. The van der Waals surface area contributed by atoms with Crippen LogP contribution in [0.2, 0.25) is 0 Å². The van der Waals surface area contributed by atoms with Crippen LogP contribution in [0.15, 0.2) is 5.51 Å². The molecule has 84 valence electrons. The molecule has 0 spiro atoms. The quantitative estimate of drug-likeness (QED) is 0.840. The van der Waals surface area contributed by atoms with Gasteiger partial charge < -0.3 is 10.2 Å². The van der Waals surface area contributed by atoms with Crippen LogP contribution < -0.4 is 5.32 Å². The second kappa shape index (κ2) is 5.23. The van der Waals surface area contributed by atoms with E-state index in [2.05, 4.69) is 10.3 Å². The summed E-state index contributed by atoms with van der Waals surface area (Å²) >= 11 is 1.62. The van der Waals surface area contributed by atoms with E-state index in [1.807, 2.05) is 19.4 Å². The minimum Gasteiger partial charge on any atom is -0.348 e. The van der Waals surface area contributed by atoms with Gasteiger partial charge >= 0.3 is 0 Å². The number of hydrogen-bond acceptors (Lipinski definition) is 4. The Balaban J connectivity index is 2.47. The minimum atomic E-state index is 0.0871. The van der Waals surface area contributed by atoms with Crippen LogP contribution in [0.1, 0.15) is 23.5 Å². The van der Waals surface area contributed by atoms with E-state index < -0.39 is 0 Å². The zero-order valence-corrected chi connectivity index (χ0v) is 10.4.